The van der Waals surface area contributed by atoms with E-state index in [-0.39, 0.29) is 37.6 Å². The van der Waals surface area contributed by atoms with Gasteiger partial charge in [0.25, 0.3) is 0 Å². The molecule has 11 heteroatoms. The molecule has 2 fully saturated rings. The molecule has 6 nitrogen and oxygen atoms in total. The molecule has 3 aromatic rings. The summed E-state index contributed by atoms with van der Waals surface area (Å²) in [6.45, 7) is 3.44. The second kappa shape index (κ2) is 10.2. The van der Waals surface area contributed by atoms with E-state index in [1.807, 2.05) is 19.1 Å². The molecule has 0 N–H and O–H groups in total. The van der Waals surface area contributed by atoms with Crippen LogP contribution in [0.1, 0.15) is 36.4 Å². The van der Waals surface area contributed by atoms with Gasteiger partial charge in [-0.05, 0) is 82.2 Å². The van der Waals surface area contributed by atoms with Gasteiger partial charge in [-0.2, -0.15) is 4.31 Å². The lowest BCUT2D eigenvalue weighted by atomic mass is 9.93. The van der Waals surface area contributed by atoms with Crippen LogP contribution in [0.2, 0.25) is 0 Å². The normalized spacial score (nSPS) is 20.1. The monoisotopic (exact) mass is 540 g/mol. The van der Waals surface area contributed by atoms with Gasteiger partial charge in [-0.25, -0.2) is 31.6 Å². The van der Waals surface area contributed by atoms with Gasteiger partial charge in [0.15, 0.2) is 5.65 Å². The summed E-state index contributed by atoms with van der Waals surface area (Å²) in [6, 6.07) is 7.07. The molecule has 0 radical (unpaired) electrons. The Morgan fingerprint density at radius 3 is 2.25 bits per heavy atom. The number of fused-ring (bicyclic) bond motifs is 1. The maximum atomic E-state index is 15.2. The Morgan fingerprint density at radius 1 is 0.972 bits per heavy atom. The number of benzene rings is 1. The van der Waals surface area contributed by atoms with Gasteiger partial charge in [0, 0.05) is 30.1 Å². The summed E-state index contributed by atoms with van der Waals surface area (Å²) in [6.07, 6.45) is 0.741. The summed E-state index contributed by atoms with van der Waals surface area (Å²) in [4.78, 5) is 10.9. The second-order valence-electron chi connectivity index (χ2n) is 9.52. The molecule has 194 valence electrons. The molecule has 2 aliphatic heterocycles. The van der Waals surface area contributed by atoms with Crippen LogP contribution in [0.5, 0.6) is 0 Å². The fourth-order valence-corrected chi connectivity index (χ4v) is 6.45. The third kappa shape index (κ3) is 4.96. The lowest BCUT2D eigenvalue weighted by Gasteiger charge is -2.28. The molecule has 2 saturated heterocycles. The van der Waals surface area contributed by atoms with Crippen molar-refractivity contribution in [1.82, 2.24) is 19.2 Å². The minimum absolute atomic E-state index is 0. The standard InChI is InChI=1S/C25H27F3N4O2S.ClH/c1-15-11-23(30-25-19(15)3-4-22(29-25)16-5-8-31(2)9-6-16)24-20(27)12-18(13-21(24)28)35(33,34)32-10-7-17(26)14-32;/h3-4,11-13,16-17H,5-10,14H2,1-2H3;1H/t17-;/m0./s1. The third-order valence-corrected chi connectivity index (χ3v) is 8.88. The van der Waals surface area contributed by atoms with Crippen molar-refractivity contribution in [3.05, 3.63) is 53.2 Å². The SMILES string of the molecule is Cc1cc(-c2c(F)cc(S(=O)(=O)N3CC[C@H](F)C3)cc2F)nc2nc(C3CCN(C)CC3)ccc12.Cl. The molecule has 0 spiro atoms. The van der Waals surface area contributed by atoms with E-state index >= 15 is 8.78 Å². The maximum absolute atomic E-state index is 15.2. The first-order chi connectivity index (χ1) is 16.6. The second-order valence-corrected chi connectivity index (χ2v) is 11.5. The highest BCUT2D eigenvalue weighted by atomic mass is 35.5. The van der Waals surface area contributed by atoms with Crippen molar-refractivity contribution >= 4 is 33.5 Å². The Morgan fingerprint density at radius 2 is 1.64 bits per heavy atom. The summed E-state index contributed by atoms with van der Waals surface area (Å²) < 4.78 is 70.3. The largest absolute Gasteiger partial charge is 0.306 e. The maximum Gasteiger partial charge on any atom is 0.243 e. The molecule has 0 saturated carbocycles. The van der Waals surface area contributed by atoms with E-state index in [1.165, 1.54) is 0 Å². The van der Waals surface area contributed by atoms with Crippen LogP contribution in [0.25, 0.3) is 22.3 Å². The lowest BCUT2D eigenvalue weighted by molar-refractivity contribution is 0.253. The predicted octanol–water partition coefficient (Wildman–Crippen LogP) is 4.85. The van der Waals surface area contributed by atoms with Crippen molar-refractivity contribution in [3.8, 4) is 11.3 Å². The number of hydrogen-bond donors (Lipinski definition) is 0. The van der Waals surface area contributed by atoms with E-state index in [9.17, 15) is 12.8 Å². The van der Waals surface area contributed by atoms with Gasteiger partial charge in [-0.3, -0.25) is 0 Å². The first-order valence-electron chi connectivity index (χ1n) is 11.7. The van der Waals surface area contributed by atoms with Crippen molar-refractivity contribution in [2.45, 2.75) is 43.2 Å². The molecule has 0 aliphatic carbocycles. The van der Waals surface area contributed by atoms with Crippen molar-refractivity contribution < 1.29 is 21.6 Å². The molecule has 0 unspecified atom stereocenters. The number of hydrogen-bond acceptors (Lipinski definition) is 5. The summed E-state index contributed by atoms with van der Waals surface area (Å²) in [7, 11) is -2.12. The van der Waals surface area contributed by atoms with Crippen LogP contribution < -0.4 is 0 Å². The zero-order valence-electron chi connectivity index (χ0n) is 20.0. The fourth-order valence-electron chi connectivity index (χ4n) is 4.94. The number of sulfonamides is 1. The number of likely N-dealkylation sites (tertiary alicyclic amines) is 1. The Balaban J connectivity index is 0.00000304. The van der Waals surface area contributed by atoms with Crippen LogP contribution in [0, 0.1) is 18.6 Å². The lowest BCUT2D eigenvalue weighted by Crippen LogP contribution is -2.29. The average Bonchev–Trinajstić information content (AvgIpc) is 3.26. The van der Waals surface area contributed by atoms with Crippen LogP contribution in [-0.2, 0) is 10.0 Å². The number of pyridine rings is 2. The van der Waals surface area contributed by atoms with Crippen LogP contribution >= 0.6 is 12.4 Å². The highest BCUT2D eigenvalue weighted by Gasteiger charge is 2.34. The number of rotatable bonds is 4. The predicted molar refractivity (Wildman–Crippen MR) is 135 cm³/mol. The van der Waals surface area contributed by atoms with E-state index in [2.05, 4.69) is 16.9 Å². The minimum atomic E-state index is -4.20. The molecule has 0 amide bonds. The Kier molecular flexibility index (Phi) is 7.62. The molecular weight excluding hydrogens is 513 g/mol. The van der Waals surface area contributed by atoms with Gasteiger partial charge in [0.1, 0.15) is 17.8 Å². The molecule has 1 atom stereocenters. The van der Waals surface area contributed by atoms with Crippen LogP contribution in [-0.4, -0.2) is 67.0 Å². The molecule has 2 aliphatic rings. The molecular formula is C25H28ClF3N4O2S. The molecule has 2 aromatic heterocycles. The zero-order chi connectivity index (χ0) is 24.9. The van der Waals surface area contributed by atoms with Gasteiger partial charge < -0.3 is 4.90 Å². The van der Waals surface area contributed by atoms with Crippen LogP contribution in [0.15, 0.2) is 35.2 Å². The van der Waals surface area contributed by atoms with Gasteiger partial charge in [0.05, 0.1) is 16.2 Å². The number of halogens is 4. The molecule has 4 heterocycles. The highest BCUT2D eigenvalue weighted by molar-refractivity contribution is 7.89. The van der Waals surface area contributed by atoms with E-state index in [0.29, 0.717) is 11.6 Å². The smallest absolute Gasteiger partial charge is 0.243 e. The zero-order valence-corrected chi connectivity index (χ0v) is 21.7. The van der Waals surface area contributed by atoms with Gasteiger partial charge in [-0.1, -0.05) is 0 Å². The Labute approximate surface area is 215 Å². The Bertz CT molecular complexity index is 1370. The van der Waals surface area contributed by atoms with Crippen molar-refractivity contribution in [1.29, 1.82) is 0 Å². The summed E-state index contributed by atoms with van der Waals surface area (Å²) in [5, 5.41) is 0.792. The Hall–Kier alpha value is -2.27. The number of alkyl halides is 1. The first-order valence-corrected chi connectivity index (χ1v) is 13.2. The first kappa shape index (κ1) is 26.8. The van der Waals surface area contributed by atoms with Crippen LogP contribution in [0.3, 0.4) is 0 Å². The number of aromatic nitrogens is 2. The number of nitrogens with zero attached hydrogens (tertiary/aromatic N) is 4. The van der Waals surface area contributed by atoms with Gasteiger partial charge >= 0.3 is 0 Å². The number of piperidine rings is 1. The highest BCUT2D eigenvalue weighted by Crippen LogP contribution is 2.33. The minimum Gasteiger partial charge on any atom is -0.306 e. The average molecular weight is 541 g/mol. The summed E-state index contributed by atoms with van der Waals surface area (Å²) in [5.74, 6) is -1.79. The van der Waals surface area contributed by atoms with Crippen LogP contribution in [0.4, 0.5) is 13.2 Å². The molecule has 1 aromatic carbocycles. The van der Waals surface area contributed by atoms with E-state index in [0.717, 1.165) is 59.0 Å². The van der Waals surface area contributed by atoms with Gasteiger partial charge in [0.2, 0.25) is 10.0 Å². The third-order valence-electron chi connectivity index (χ3n) is 7.04. The summed E-state index contributed by atoms with van der Waals surface area (Å²) >= 11 is 0. The van der Waals surface area contributed by atoms with Crippen molar-refractivity contribution in [2.75, 3.05) is 33.2 Å². The molecule has 0 bridgehead atoms. The quantitative estimate of drug-likeness (QED) is 0.473. The van der Waals surface area contributed by atoms with Crippen molar-refractivity contribution in [3.63, 3.8) is 0 Å². The van der Waals surface area contributed by atoms with Gasteiger partial charge in [-0.15, -0.1) is 12.4 Å². The number of aryl methyl sites for hydroxylation is 1. The topological polar surface area (TPSA) is 66.4 Å². The van der Waals surface area contributed by atoms with E-state index in [4.69, 9.17) is 4.98 Å². The summed E-state index contributed by atoms with van der Waals surface area (Å²) in [5.41, 5.74) is 1.71. The molecule has 5 rings (SSSR count). The molecule has 36 heavy (non-hydrogen) atoms. The van der Waals surface area contributed by atoms with E-state index in [1.54, 1.807) is 6.07 Å². The fraction of sp³-hybridized carbons (Fsp3) is 0.440. The van der Waals surface area contributed by atoms with Crippen molar-refractivity contribution in [2.24, 2.45) is 0 Å². The van der Waals surface area contributed by atoms with E-state index < -0.39 is 38.3 Å².